The summed E-state index contributed by atoms with van der Waals surface area (Å²) in [5, 5.41) is 33.9. The summed E-state index contributed by atoms with van der Waals surface area (Å²) in [5.74, 6) is -6.27. The Kier molecular flexibility index (Phi) is 12.3. The van der Waals surface area contributed by atoms with Crippen molar-refractivity contribution in [2.75, 3.05) is 56.5 Å². The average Bonchev–Trinajstić information content (AvgIpc) is 3.47. The van der Waals surface area contributed by atoms with Crippen molar-refractivity contribution in [2.24, 2.45) is 0 Å². The van der Waals surface area contributed by atoms with E-state index in [1.807, 2.05) is 18.2 Å². The van der Waals surface area contributed by atoms with Crippen molar-refractivity contribution >= 4 is 52.2 Å². The van der Waals surface area contributed by atoms with Crippen LogP contribution in [0.3, 0.4) is 0 Å². The molecule has 0 saturated carbocycles. The number of nitrogens with one attached hydrogen (secondary N) is 1. The molecule has 5 N–H and O–H groups in total. The van der Waals surface area contributed by atoms with Crippen molar-refractivity contribution < 1.29 is 44.4 Å². The fourth-order valence-electron chi connectivity index (χ4n) is 5.77. The summed E-state index contributed by atoms with van der Waals surface area (Å²) in [6.45, 7) is 4.88. The Morgan fingerprint density at radius 1 is 0.694 bits per heavy atom. The molecule has 3 heterocycles. The van der Waals surface area contributed by atoms with Crippen LogP contribution < -0.4 is 10.2 Å². The highest BCUT2D eigenvalue weighted by Crippen LogP contribution is 2.37. The number of pyridine rings is 1. The van der Waals surface area contributed by atoms with Crippen molar-refractivity contribution in [2.45, 2.75) is 12.5 Å². The summed E-state index contributed by atoms with van der Waals surface area (Å²) in [7, 11) is 2.07. The fourth-order valence-corrected chi connectivity index (χ4v) is 5.77. The quantitative estimate of drug-likeness (QED) is 0.188. The summed E-state index contributed by atoms with van der Waals surface area (Å²) in [4.78, 5) is 61.5. The molecule has 0 radical (unpaired) electrons. The van der Waals surface area contributed by atoms with E-state index in [0.29, 0.717) is 6.54 Å². The number of carbonyl (C=O) groups is 5. The van der Waals surface area contributed by atoms with E-state index in [9.17, 15) is 4.79 Å². The molecule has 0 atom stereocenters. The van der Waals surface area contributed by atoms with Crippen LogP contribution in [0.2, 0.25) is 0 Å². The lowest BCUT2D eigenvalue weighted by Gasteiger charge is -2.39. The number of likely N-dealkylation sites (N-methyl/N-ethyl adjacent to an activating group) is 1. The number of nitrogens with zero attached hydrogens (tertiary/aromatic N) is 4. The average molecular weight is 672 g/mol. The number of carbonyl (C=O) groups excluding carboxylic acids is 1. The van der Waals surface area contributed by atoms with Gasteiger partial charge in [0.2, 0.25) is 5.91 Å². The minimum absolute atomic E-state index is 0.0456. The highest BCUT2D eigenvalue weighted by Gasteiger charge is 2.28. The summed E-state index contributed by atoms with van der Waals surface area (Å²) >= 11 is 0. The molecule has 1 amide bonds. The number of anilines is 2. The SMILES string of the molecule is CN1CCc2c1nc1ccccc1c2NC(=O)CN1CCN(C(c2ccccc2)c2ccccc2)CC1.O=C(O)C(=O)O.O=C(O)C(=O)O. The number of hydrogen-bond donors (Lipinski definition) is 5. The van der Waals surface area contributed by atoms with Gasteiger partial charge in [0.1, 0.15) is 5.82 Å². The zero-order chi connectivity index (χ0) is 35.5. The number of aromatic nitrogens is 1. The Labute approximate surface area is 281 Å². The number of aliphatic carboxylic acids is 4. The van der Waals surface area contributed by atoms with Gasteiger partial charge < -0.3 is 30.6 Å². The molecule has 6 rings (SSSR count). The van der Waals surface area contributed by atoms with Crippen LogP contribution in [-0.2, 0) is 30.4 Å². The second-order valence-electron chi connectivity index (χ2n) is 11.3. The van der Waals surface area contributed by atoms with Gasteiger partial charge in [-0.3, -0.25) is 14.6 Å². The molecular weight excluding hydrogens is 634 g/mol. The maximum absolute atomic E-state index is 13.3. The Hall–Kier alpha value is -5.86. The number of fused-ring (bicyclic) bond motifs is 2. The van der Waals surface area contributed by atoms with Gasteiger partial charge in [0.15, 0.2) is 0 Å². The van der Waals surface area contributed by atoms with Crippen molar-refractivity contribution in [3.8, 4) is 0 Å². The first kappa shape index (κ1) is 36.0. The van der Waals surface area contributed by atoms with Gasteiger partial charge in [-0.15, -0.1) is 0 Å². The van der Waals surface area contributed by atoms with Crippen LogP contribution in [0.1, 0.15) is 22.7 Å². The standard InChI is InChI=1S/C31H33N5O.2C2H2O4/c1-34-17-16-26-29(25-14-8-9-15-27(25)32-31(26)34)33-28(37)22-35-18-20-36(21-19-35)30(23-10-4-2-5-11-23)24-12-6-3-7-13-24;2*3-1(4)2(5)6/h2-15,30H,16-22H2,1H3,(H,32,33,37);2*(H,3,4)(H,5,6). The molecule has 2 aliphatic rings. The van der Waals surface area contributed by atoms with Crippen LogP contribution in [0.5, 0.6) is 0 Å². The zero-order valence-electron chi connectivity index (χ0n) is 26.7. The molecule has 0 aliphatic carbocycles. The number of rotatable bonds is 6. The Balaban J connectivity index is 0.000000388. The van der Waals surface area contributed by atoms with E-state index >= 15 is 0 Å². The number of benzene rings is 3. The van der Waals surface area contributed by atoms with Crippen molar-refractivity contribution in [1.29, 1.82) is 0 Å². The molecule has 1 saturated heterocycles. The minimum Gasteiger partial charge on any atom is -0.473 e. The topological polar surface area (TPSA) is 201 Å². The van der Waals surface area contributed by atoms with Crippen molar-refractivity contribution in [3.63, 3.8) is 0 Å². The number of para-hydroxylation sites is 1. The van der Waals surface area contributed by atoms with Crippen LogP contribution in [0.4, 0.5) is 11.5 Å². The molecule has 49 heavy (non-hydrogen) atoms. The third kappa shape index (κ3) is 9.59. The number of hydrogen-bond acceptors (Lipinski definition) is 9. The monoisotopic (exact) mass is 671 g/mol. The second-order valence-corrected chi connectivity index (χ2v) is 11.3. The number of carboxylic acids is 4. The van der Waals surface area contributed by atoms with Crippen LogP contribution in [0.25, 0.3) is 10.9 Å². The van der Waals surface area contributed by atoms with Crippen LogP contribution in [-0.4, -0.2) is 111 Å². The summed E-state index contributed by atoms with van der Waals surface area (Å²) < 4.78 is 0. The van der Waals surface area contributed by atoms with Gasteiger partial charge in [-0.25, -0.2) is 24.2 Å². The van der Waals surface area contributed by atoms with E-state index in [0.717, 1.165) is 67.1 Å². The van der Waals surface area contributed by atoms with Crippen LogP contribution in [0.15, 0.2) is 84.9 Å². The zero-order valence-corrected chi connectivity index (χ0v) is 26.7. The molecule has 3 aromatic carbocycles. The van der Waals surface area contributed by atoms with Gasteiger partial charge in [-0.1, -0.05) is 78.9 Å². The largest absolute Gasteiger partial charge is 0.473 e. The lowest BCUT2D eigenvalue weighted by molar-refractivity contribution is -0.159. The highest BCUT2D eigenvalue weighted by molar-refractivity contribution is 6.27. The molecule has 0 spiro atoms. The summed E-state index contributed by atoms with van der Waals surface area (Å²) in [5.41, 5.74) is 5.62. The minimum atomic E-state index is -1.82. The molecule has 1 fully saturated rings. The van der Waals surface area contributed by atoms with E-state index in [2.05, 4.69) is 93.8 Å². The molecule has 4 aromatic rings. The van der Waals surface area contributed by atoms with E-state index in [1.165, 1.54) is 11.1 Å². The molecule has 2 aliphatic heterocycles. The predicted molar refractivity (Wildman–Crippen MR) is 181 cm³/mol. The summed E-state index contributed by atoms with van der Waals surface area (Å²) in [6, 6.07) is 29.8. The predicted octanol–water partition coefficient (Wildman–Crippen LogP) is 2.88. The van der Waals surface area contributed by atoms with Gasteiger partial charge >= 0.3 is 23.9 Å². The fraction of sp³-hybridized carbons (Fsp3) is 0.257. The first-order valence-electron chi connectivity index (χ1n) is 15.4. The molecule has 0 unspecified atom stereocenters. The lowest BCUT2D eigenvalue weighted by atomic mass is 9.96. The van der Waals surface area contributed by atoms with Gasteiger partial charge in [0, 0.05) is 50.7 Å². The van der Waals surface area contributed by atoms with E-state index in [-0.39, 0.29) is 11.9 Å². The Bertz CT molecular complexity index is 1710. The molecule has 14 nitrogen and oxygen atoms in total. The third-order valence-corrected chi connectivity index (χ3v) is 8.03. The summed E-state index contributed by atoms with van der Waals surface area (Å²) in [6.07, 6.45) is 0.901. The van der Waals surface area contributed by atoms with Crippen molar-refractivity contribution in [1.82, 2.24) is 14.8 Å². The van der Waals surface area contributed by atoms with Crippen LogP contribution in [0, 0.1) is 0 Å². The third-order valence-electron chi connectivity index (χ3n) is 8.03. The Morgan fingerprint density at radius 2 is 1.18 bits per heavy atom. The maximum Gasteiger partial charge on any atom is 0.414 e. The number of amides is 1. The first-order chi connectivity index (χ1) is 23.5. The molecule has 14 heteroatoms. The van der Waals surface area contributed by atoms with E-state index in [4.69, 9.17) is 44.6 Å². The van der Waals surface area contributed by atoms with E-state index in [1.54, 1.807) is 0 Å². The lowest BCUT2D eigenvalue weighted by Crippen LogP contribution is -2.49. The van der Waals surface area contributed by atoms with Crippen LogP contribution >= 0.6 is 0 Å². The normalized spacial score (nSPS) is 14.1. The van der Waals surface area contributed by atoms with E-state index < -0.39 is 23.9 Å². The maximum atomic E-state index is 13.3. The second kappa shape index (κ2) is 16.8. The molecule has 0 bridgehead atoms. The first-order valence-corrected chi connectivity index (χ1v) is 15.4. The Morgan fingerprint density at radius 3 is 1.69 bits per heavy atom. The van der Waals surface area contributed by atoms with Gasteiger partial charge in [-0.05, 0) is 23.6 Å². The highest BCUT2D eigenvalue weighted by atomic mass is 16.4. The number of carboxylic acid groups (broad SMARTS) is 4. The van der Waals surface area contributed by atoms with Gasteiger partial charge in [-0.2, -0.15) is 0 Å². The van der Waals surface area contributed by atoms with Crippen molar-refractivity contribution in [3.05, 3.63) is 102 Å². The molecular formula is C35H37N5O9. The van der Waals surface area contributed by atoms with Gasteiger partial charge in [0.05, 0.1) is 23.8 Å². The molecule has 1 aromatic heterocycles. The smallest absolute Gasteiger partial charge is 0.414 e. The molecule has 256 valence electrons. The number of piperazine rings is 1. The van der Waals surface area contributed by atoms with Gasteiger partial charge in [0.25, 0.3) is 0 Å².